The van der Waals surface area contributed by atoms with Crippen molar-refractivity contribution in [2.24, 2.45) is 5.73 Å². The molecule has 0 aliphatic heterocycles. The van der Waals surface area contributed by atoms with Gasteiger partial charge < -0.3 is 10.3 Å². The molecule has 0 spiro atoms. The number of hydrogen-bond donors (Lipinski definition) is 1. The number of fused-ring (bicyclic) bond motifs is 1. The molecule has 1 aromatic carbocycles. The molecule has 0 fully saturated rings. The Hall–Kier alpha value is -2.10. The smallest absolute Gasteiger partial charge is 0.264 e. The summed E-state index contributed by atoms with van der Waals surface area (Å²) in [6, 6.07) is 7.30. The zero-order chi connectivity index (χ0) is 13.4. The SMILES string of the molecule is Cc1cccc2c1cc(C(N)=O)c(=O)n2C(C)C. The number of benzene rings is 1. The van der Waals surface area contributed by atoms with Crippen molar-refractivity contribution in [2.45, 2.75) is 26.8 Å². The Labute approximate surface area is 105 Å². The number of rotatable bonds is 2. The maximum absolute atomic E-state index is 12.2. The van der Waals surface area contributed by atoms with E-state index in [0.29, 0.717) is 0 Å². The highest BCUT2D eigenvalue weighted by Gasteiger charge is 2.15. The first-order valence-electron chi connectivity index (χ1n) is 5.88. The van der Waals surface area contributed by atoms with Crippen molar-refractivity contribution in [3.8, 4) is 0 Å². The van der Waals surface area contributed by atoms with E-state index in [1.54, 1.807) is 10.6 Å². The number of pyridine rings is 1. The Morgan fingerprint density at radius 3 is 2.56 bits per heavy atom. The van der Waals surface area contributed by atoms with Crippen molar-refractivity contribution in [1.82, 2.24) is 4.57 Å². The van der Waals surface area contributed by atoms with Gasteiger partial charge in [-0.3, -0.25) is 9.59 Å². The largest absolute Gasteiger partial charge is 0.365 e. The summed E-state index contributed by atoms with van der Waals surface area (Å²) in [4.78, 5) is 23.6. The van der Waals surface area contributed by atoms with E-state index in [9.17, 15) is 9.59 Å². The predicted molar refractivity (Wildman–Crippen MR) is 71.8 cm³/mol. The van der Waals surface area contributed by atoms with Crippen molar-refractivity contribution in [2.75, 3.05) is 0 Å². The van der Waals surface area contributed by atoms with Crippen LogP contribution in [-0.4, -0.2) is 10.5 Å². The van der Waals surface area contributed by atoms with Crippen LogP contribution in [0.25, 0.3) is 10.9 Å². The minimum absolute atomic E-state index is 0.0268. The van der Waals surface area contributed by atoms with E-state index in [4.69, 9.17) is 5.73 Å². The molecular weight excluding hydrogens is 228 g/mol. The van der Waals surface area contributed by atoms with Crippen LogP contribution in [0.15, 0.2) is 29.1 Å². The summed E-state index contributed by atoms with van der Waals surface area (Å²) in [5, 5.41) is 0.889. The lowest BCUT2D eigenvalue weighted by Gasteiger charge is -2.16. The first-order chi connectivity index (χ1) is 8.43. The van der Waals surface area contributed by atoms with Crippen LogP contribution >= 0.6 is 0 Å². The maximum Gasteiger partial charge on any atom is 0.264 e. The van der Waals surface area contributed by atoms with E-state index in [1.807, 2.05) is 39.0 Å². The van der Waals surface area contributed by atoms with Gasteiger partial charge in [0.05, 0.1) is 5.52 Å². The van der Waals surface area contributed by atoms with Crippen molar-refractivity contribution in [3.63, 3.8) is 0 Å². The quantitative estimate of drug-likeness (QED) is 0.878. The molecule has 0 aliphatic carbocycles. The number of hydrogen-bond acceptors (Lipinski definition) is 2. The third-order valence-electron chi connectivity index (χ3n) is 3.08. The van der Waals surface area contributed by atoms with E-state index in [0.717, 1.165) is 16.5 Å². The molecule has 1 heterocycles. The lowest BCUT2D eigenvalue weighted by molar-refractivity contribution is 0.0998. The second-order valence-corrected chi connectivity index (χ2v) is 4.70. The molecule has 0 atom stereocenters. The average Bonchev–Trinajstić information content (AvgIpc) is 2.27. The van der Waals surface area contributed by atoms with Crippen molar-refractivity contribution < 1.29 is 4.79 Å². The van der Waals surface area contributed by atoms with Crippen molar-refractivity contribution >= 4 is 16.8 Å². The van der Waals surface area contributed by atoms with Crippen LogP contribution in [0.2, 0.25) is 0 Å². The summed E-state index contributed by atoms with van der Waals surface area (Å²) in [5.74, 6) is -0.681. The third-order valence-corrected chi connectivity index (χ3v) is 3.08. The maximum atomic E-state index is 12.2. The average molecular weight is 244 g/mol. The fraction of sp³-hybridized carbons (Fsp3) is 0.286. The number of nitrogens with two attached hydrogens (primary N) is 1. The highest BCUT2D eigenvalue weighted by Crippen LogP contribution is 2.20. The van der Waals surface area contributed by atoms with Gasteiger partial charge in [0.2, 0.25) is 0 Å². The van der Waals surface area contributed by atoms with E-state index >= 15 is 0 Å². The summed E-state index contributed by atoms with van der Waals surface area (Å²) in [7, 11) is 0. The van der Waals surface area contributed by atoms with Gasteiger partial charge in [-0.25, -0.2) is 0 Å². The molecule has 0 saturated heterocycles. The Kier molecular flexibility index (Phi) is 2.95. The first kappa shape index (κ1) is 12.4. The predicted octanol–water partition coefficient (Wildman–Crippen LogP) is 1.99. The first-order valence-corrected chi connectivity index (χ1v) is 5.88. The van der Waals surface area contributed by atoms with E-state index in [1.165, 1.54) is 0 Å². The minimum Gasteiger partial charge on any atom is -0.365 e. The molecule has 2 rings (SSSR count). The Balaban J connectivity index is 3.02. The molecule has 1 aromatic heterocycles. The second-order valence-electron chi connectivity index (χ2n) is 4.70. The molecule has 0 radical (unpaired) electrons. The fourth-order valence-electron chi connectivity index (χ4n) is 2.20. The molecule has 1 amide bonds. The summed E-state index contributed by atoms with van der Waals surface area (Å²) < 4.78 is 1.61. The number of primary amides is 1. The fourth-order valence-corrected chi connectivity index (χ4v) is 2.20. The number of aryl methyl sites for hydroxylation is 1. The molecule has 94 valence electrons. The van der Waals surface area contributed by atoms with Crippen LogP contribution in [0.5, 0.6) is 0 Å². The molecule has 2 N–H and O–H groups in total. The van der Waals surface area contributed by atoms with Gasteiger partial charge in [0.15, 0.2) is 0 Å². The van der Waals surface area contributed by atoms with Crippen LogP contribution in [-0.2, 0) is 0 Å². The molecule has 0 saturated carbocycles. The zero-order valence-corrected chi connectivity index (χ0v) is 10.7. The third kappa shape index (κ3) is 1.79. The monoisotopic (exact) mass is 244 g/mol. The molecule has 0 unspecified atom stereocenters. The molecule has 2 aromatic rings. The van der Waals surface area contributed by atoms with Crippen LogP contribution in [0.4, 0.5) is 0 Å². The molecule has 18 heavy (non-hydrogen) atoms. The van der Waals surface area contributed by atoms with E-state index < -0.39 is 5.91 Å². The van der Waals surface area contributed by atoms with Gasteiger partial charge in [0.25, 0.3) is 11.5 Å². The van der Waals surface area contributed by atoms with Crippen molar-refractivity contribution in [3.05, 3.63) is 45.7 Å². The lowest BCUT2D eigenvalue weighted by atomic mass is 10.1. The summed E-state index contributed by atoms with van der Waals surface area (Å²) >= 11 is 0. The molecular formula is C14H16N2O2. The topological polar surface area (TPSA) is 65.1 Å². The van der Waals surface area contributed by atoms with Crippen LogP contribution < -0.4 is 11.3 Å². The van der Waals surface area contributed by atoms with Crippen LogP contribution in [0, 0.1) is 6.92 Å². The number of carbonyl (C=O) groups excluding carboxylic acids is 1. The number of amides is 1. The second kappa shape index (κ2) is 4.29. The number of carbonyl (C=O) groups is 1. The van der Waals surface area contributed by atoms with E-state index in [2.05, 4.69) is 0 Å². The van der Waals surface area contributed by atoms with Gasteiger partial charge in [0.1, 0.15) is 5.56 Å². The standard InChI is InChI=1S/C14H16N2O2/c1-8(2)16-12-6-4-5-9(3)10(12)7-11(13(15)17)14(16)18/h4-8H,1-3H3,(H2,15,17). The van der Waals surface area contributed by atoms with Gasteiger partial charge in [-0.05, 0) is 38.5 Å². The van der Waals surface area contributed by atoms with Gasteiger partial charge >= 0.3 is 0 Å². The Morgan fingerprint density at radius 1 is 1.33 bits per heavy atom. The minimum atomic E-state index is -0.681. The summed E-state index contributed by atoms with van der Waals surface area (Å²) in [6.07, 6.45) is 0. The summed E-state index contributed by atoms with van der Waals surface area (Å²) in [6.45, 7) is 5.77. The van der Waals surface area contributed by atoms with Gasteiger partial charge in [0, 0.05) is 11.4 Å². The normalized spacial score (nSPS) is 11.1. The van der Waals surface area contributed by atoms with Gasteiger partial charge in [-0.2, -0.15) is 0 Å². The summed E-state index contributed by atoms with van der Waals surface area (Å²) in [5.41, 5.74) is 6.85. The molecule has 4 nitrogen and oxygen atoms in total. The van der Waals surface area contributed by atoms with Crippen LogP contribution in [0.3, 0.4) is 0 Å². The Bertz CT molecular complexity index is 684. The Morgan fingerprint density at radius 2 is 2.00 bits per heavy atom. The lowest BCUT2D eigenvalue weighted by Crippen LogP contribution is -2.30. The highest BCUT2D eigenvalue weighted by atomic mass is 16.2. The molecule has 4 heteroatoms. The number of nitrogens with zero attached hydrogens (tertiary/aromatic N) is 1. The van der Waals surface area contributed by atoms with Gasteiger partial charge in [-0.15, -0.1) is 0 Å². The van der Waals surface area contributed by atoms with E-state index in [-0.39, 0.29) is 17.2 Å². The van der Waals surface area contributed by atoms with Crippen LogP contribution in [0.1, 0.15) is 35.8 Å². The highest BCUT2D eigenvalue weighted by molar-refractivity contribution is 5.97. The van der Waals surface area contributed by atoms with Gasteiger partial charge in [-0.1, -0.05) is 12.1 Å². The van der Waals surface area contributed by atoms with Crippen molar-refractivity contribution in [1.29, 1.82) is 0 Å². The molecule has 0 bridgehead atoms. The molecule has 0 aliphatic rings. The zero-order valence-electron chi connectivity index (χ0n) is 10.7. The number of aromatic nitrogens is 1.